The number of rotatable bonds is 10. The summed E-state index contributed by atoms with van der Waals surface area (Å²) in [7, 11) is -3.23. The Bertz CT molecular complexity index is 1000. The molecule has 0 aliphatic heterocycles. The minimum Gasteiger partial charge on any atom is -0.462 e. The number of allylic oxidation sites excluding steroid dienone is 1. The summed E-state index contributed by atoms with van der Waals surface area (Å²) in [5.74, 6) is -1.53. The third-order valence-electron chi connectivity index (χ3n) is 5.95. The molecule has 2 aromatic rings. The van der Waals surface area contributed by atoms with E-state index in [-0.39, 0.29) is 12.4 Å². The Kier molecular flexibility index (Phi) is 9.35. The highest BCUT2D eigenvalue weighted by molar-refractivity contribution is 6.99. The summed E-state index contributed by atoms with van der Waals surface area (Å²) in [4.78, 5) is 37.4. The van der Waals surface area contributed by atoms with Crippen molar-refractivity contribution < 1.29 is 28.3 Å². The zero-order chi connectivity index (χ0) is 26.3. The van der Waals surface area contributed by atoms with Crippen LogP contribution in [0, 0.1) is 0 Å². The molecule has 0 aromatic heterocycles. The number of hydrogen-bond acceptors (Lipinski definition) is 6. The SMILES string of the molecule is C/C=C\C(=O)[C@@](C)(O[Si](c1ccccc1)(c1ccccc1)C(C)(C)C)[C@@H](COC(C)=O)OC(C)=O. The quantitative estimate of drug-likeness (QED) is 0.281. The minimum absolute atomic E-state index is 0.313. The van der Waals surface area contributed by atoms with Gasteiger partial charge in [-0.3, -0.25) is 14.4 Å². The van der Waals surface area contributed by atoms with Crippen LogP contribution in [-0.4, -0.2) is 44.4 Å². The van der Waals surface area contributed by atoms with Crippen LogP contribution in [0.15, 0.2) is 72.8 Å². The molecule has 0 radical (unpaired) electrons. The lowest BCUT2D eigenvalue weighted by molar-refractivity contribution is -0.174. The molecule has 0 aliphatic rings. The van der Waals surface area contributed by atoms with E-state index in [0.29, 0.717) is 0 Å². The van der Waals surface area contributed by atoms with Crippen LogP contribution in [-0.2, 0) is 28.3 Å². The number of hydrogen-bond donors (Lipinski definition) is 0. The van der Waals surface area contributed by atoms with Gasteiger partial charge in [-0.05, 0) is 35.3 Å². The molecule has 0 spiro atoms. The molecule has 0 amide bonds. The summed E-state index contributed by atoms with van der Waals surface area (Å²) in [6.07, 6.45) is 1.86. The topological polar surface area (TPSA) is 78.9 Å². The maximum atomic E-state index is 13.7. The second kappa shape index (κ2) is 11.6. The van der Waals surface area contributed by atoms with Crippen LogP contribution < -0.4 is 10.4 Å². The van der Waals surface area contributed by atoms with Gasteiger partial charge in [-0.25, -0.2) is 0 Å². The van der Waals surface area contributed by atoms with Crippen molar-refractivity contribution >= 4 is 36.4 Å². The molecule has 188 valence electrons. The number of benzene rings is 2. The van der Waals surface area contributed by atoms with Crippen molar-refractivity contribution in [2.24, 2.45) is 0 Å². The Morgan fingerprint density at radius 1 is 0.857 bits per heavy atom. The molecule has 2 atom stereocenters. The Hall–Kier alpha value is -3.03. The van der Waals surface area contributed by atoms with E-state index in [0.717, 1.165) is 10.4 Å². The first-order chi connectivity index (χ1) is 16.4. The molecule has 0 saturated heterocycles. The molecule has 0 bridgehead atoms. The summed E-state index contributed by atoms with van der Waals surface area (Å²) in [6.45, 7) is 11.8. The molecule has 0 unspecified atom stereocenters. The van der Waals surface area contributed by atoms with Crippen molar-refractivity contribution in [3.63, 3.8) is 0 Å². The maximum absolute atomic E-state index is 13.7. The number of carbonyl (C=O) groups is 3. The van der Waals surface area contributed by atoms with Crippen molar-refractivity contribution in [2.75, 3.05) is 6.61 Å². The summed E-state index contributed by atoms with van der Waals surface area (Å²) in [6, 6.07) is 19.7. The highest BCUT2D eigenvalue weighted by atomic mass is 28.4. The van der Waals surface area contributed by atoms with Crippen LogP contribution in [0.3, 0.4) is 0 Å². The number of esters is 2. The van der Waals surface area contributed by atoms with Crippen molar-refractivity contribution in [3.05, 3.63) is 72.8 Å². The molecule has 0 saturated carbocycles. The molecular formula is C28H36O6Si. The predicted molar refractivity (Wildman–Crippen MR) is 139 cm³/mol. The Balaban J connectivity index is 2.87. The Morgan fingerprint density at radius 3 is 1.71 bits per heavy atom. The molecule has 0 N–H and O–H groups in total. The largest absolute Gasteiger partial charge is 0.462 e. The lowest BCUT2D eigenvalue weighted by Crippen LogP contribution is -2.72. The highest BCUT2D eigenvalue weighted by Crippen LogP contribution is 2.41. The van der Waals surface area contributed by atoms with Gasteiger partial charge in [-0.15, -0.1) is 0 Å². The third kappa shape index (κ3) is 6.35. The fraction of sp³-hybridized carbons (Fsp3) is 0.393. The molecule has 2 aromatic carbocycles. The third-order valence-corrected chi connectivity index (χ3v) is 11.1. The molecular weight excluding hydrogens is 460 g/mol. The number of ketones is 1. The van der Waals surface area contributed by atoms with Crippen LogP contribution in [0.25, 0.3) is 0 Å². The molecule has 0 heterocycles. The van der Waals surface area contributed by atoms with Crippen LogP contribution in [0.5, 0.6) is 0 Å². The lowest BCUT2D eigenvalue weighted by Gasteiger charge is -2.49. The van der Waals surface area contributed by atoms with Gasteiger partial charge in [0.1, 0.15) is 6.61 Å². The van der Waals surface area contributed by atoms with E-state index in [1.54, 1.807) is 19.9 Å². The summed E-state index contributed by atoms with van der Waals surface area (Å²) in [5.41, 5.74) is -1.64. The van der Waals surface area contributed by atoms with Crippen molar-refractivity contribution in [1.29, 1.82) is 0 Å². The van der Waals surface area contributed by atoms with Gasteiger partial charge in [0.15, 0.2) is 17.5 Å². The summed E-state index contributed by atoms with van der Waals surface area (Å²) < 4.78 is 18.0. The average molecular weight is 497 g/mol. The minimum atomic E-state index is -3.23. The van der Waals surface area contributed by atoms with E-state index in [1.165, 1.54) is 19.9 Å². The lowest BCUT2D eigenvalue weighted by atomic mass is 9.93. The molecule has 0 fully saturated rings. The van der Waals surface area contributed by atoms with Gasteiger partial charge in [0.05, 0.1) is 0 Å². The van der Waals surface area contributed by atoms with Gasteiger partial charge in [0.25, 0.3) is 8.32 Å². The molecule has 7 heteroatoms. The second-order valence-corrected chi connectivity index (χ2v) is 13.9. The van der Waals surface area contributed by atoms with E-state index in [1.807, 2.05) is 60.7 Å². The van der Waals surface area contributed by atoms with E-state index < -0.39 is 37.0 Å². The van der Waals surface area contributed by atoms with Crippen LogP contribution in [0.4, 0.5) is 0 Å². The van der Waals surface area contributed by atoms with E-state index >= 15 is 0 Å². The first-order valence-corrected chi connectivity index (χ1v) is 13.6. The normalized spacial score (nSPS) is 14.7. The fourth-order valence-corrected chi connectivity index (χ4v) is 9.06. The zero-order valence-corrected chi connectivity index (χ0v) is 22.7. The van der Waals surface area contributed by atoms with Gasteiger partial charge in [-0.1, -0.05) is 87.5 Å². The van der Waals surface area contributed by atoms with Gasteiger partial charge >= 0.3 is 11.9 Å². The predicted octanol–water partition coefficient (Wildman–Crippen LogP) is 3.96. The zero-order valence-electron chi connectivity index (χ0n) is 21.7. The average Bonchev–Trinajstić information content (AvgIpc) is 2.80. The molecule has 6 nitrogen and oxygen atoms in total. The van der Waals surface area contributed by atoms with E-state index in [2.05, 4.69) is 20.8 Å². The second-order valence-electron chi connectivity index (χ2n) is 9.64. The van der Waals surface area contributed by atoms with Crippen LogP contribution in [0.1, 0.15) is 48.5 Å². The van der Waals surface area contributed by atoms with Crippen molar-refractivity contribution in [1.82, 2.24) is 0 Å². The van der Waals surface area contributed by atoms with Gasteiger partial charge < -0.3 is 13.9 Å². The monoisotopic (exact) mass is 496 g/mol. The number of carbonyl (C=O) groups excluding carboxylic acids is 3. The summed E-state index contributed by atoms with van der Waals surface area (Å²) >= 11 is 0. The number of ether oxygens (including phenoxy) is 2. The summed E-state index contributed by atoms with van der Waals surface area (Å²) in [5, 5.41) is 1.49. The maximum Gasteiger partial charge on any atom is 0.303 e. The smallest absolute Gasteiger partial charge is 0.303 e. The Labute approximate surface area is 209 Å². The van der Waals surface area contributed by atoms with Crippen LogP contribution >= 0.6 is 0 Å². The van der Waals surface area contributed by atoms with Crippen molar-refractivity contribution in [3.8, 4) is 0 Å². The standard InChI is InChI=1S/C28H36O6Si/c1-8-15-25(31)28(7,26(33-22(3)30)20-32-21(2)29)34-35(27(4,5)6,23-16-11-9-12-17-23)24-18-13-10-14-19-24/h8-19,26H,20H2,1-7H3/b15-8-/t26-,28-/m1/s1. The molecule has 0 aliphatic carbocycles. The fourth-order valence-electron chi connectivity index (χ4n) is 4.26. The molecule has 2 rings (SSSR count). The van der Waals surface area contributed by atoms with Gasteiger partial charge in [-0.2, -0.15) is 0 Å². The highest BCUT2D eigenvalue weighted by Gasteiger charge is 2.57. The van der Waals surface area contributed by atoms with Crippen molar-refractivity contribution in [2.45, 2.75) is 65.2 Å². The first kappa shape index (κ1) is 28.2. The molecule has 35 heavy (non-hydrogen) atoms. The van der Waals surface area contributed by atoms with E-state index in [4.69, 9.17) is 13.9 Å². The van der Waals surface area contributed by atoms with Crippen LogP contribution in [0.2, 0.25) is 5.04 Å². The van der Waals surface area contributed by atoms with E-state index in [9.17, 15) is 14.4 Å². The Morgan fingerprint density at radius 2 is 1.34 bits per heavy atom. The first-order valence-electron chi connectivity index (χ1n) is 11.7. The van der Waals surface area contributed by atoms with Gasteiger partial charge in [0, 0.05) is 13.8 Å². The van der Waals surface area contributed by atoms with Gasteiger partial charge in [0.2, 0.25) is 0 Å².